The van der Waals surface area contributed by atoms with Crippen LogP contribution >= 0.6 is 15.9 Å². The molecule has 0 spiro atoms. The first-order chi connectivity index (χ1) is 8.25. The largest absolute Gasteiger partial charge is 0.317 e. The maximum atomic E-state index is 11.7. The highest BCUT2D eigenvalue weighted by Gasteiger charge is 2.19. The maximum absolute atomic E-state index is 11.7. The Morgan fingerprint density at radius 3 is 2.94 bits per heavy atom. The fourth-order valence-electron chi connectivity index (χ4n) is 2.39. The van der Waals surface area contributed by atoms with Crippen molar-refractivity contribution < 1.29 is 0 Å². The molecule has 1 aliphatic rings. The summed E-state index contributed by atoms with van der Waals surface area (Å²) in [6.07, 6.45) is 3.82. The average Bonchev–Trinajstić information content (AvgIpc) is 2.72. The van der Waals surface area contributed by atoms with E-state index in [1.54, 1.807) is 12.3 Å². The lowest BCUT2D eigenvalue weighted by atomic mass is 9.94. The normalized spacial score (nSPS) is 17.7. The Balaban J connectivity index is 2.17. The molecule has 17 heavy (non-hydrogen) atoms. The zero-order valence-electron chi connectivity index (χ0n) is 9.24. The monoisotopic (exact) mass is 296 g/mol. The number of aromatic amines is 1. The van der Waals surface area contributed by atoms with Gasteiger partial charge in [0.25, 0.3) is 5.56 Å². The van der Waals surface area contributed by atoms with Gasteiger partial charge in [0.2, 0.25) is 0 Å². The third-order valence-electron chi connectivity index (χ3n) is 3.25. The van der Waals surface area contributed by atoms with Gasteiger partial charge >= 0.3 is 0 Å². The summed E-state index contributed by atoms with van der Waals surface area (Å²) in [7, 11) is 0. The van der Waals surface area contributed by atoms with Crippen molar-refractivity contribution in [2.24, 2.45) is 0 Å². The summed E-state index contributed by atoms with van der Waals surface area (Å²) in [6.45, 7) is 2.00. The topological polar surface area (TPSA) is 62.2 Å². The Kier molecular flexibility index (Phi) is 2.76. The first-order valence-corrected chi connectivity index (χ1v) is 6.52. The summed E-state index contributed by atoms with van der Waals surface area (Å²) in [6, 6.07) is 1.67. The van der Waals surface area contributed by atoms with E-state index < -0.39 is 0 Å². The van der Waals surface area contributed by atoms with E-state index in [1.807, 2.05) is 4.52 Å². The number of halogens is 1. The molecule has 1 aliphatic heterocycles. The Morgan fingerprint density at radius 2 is 2.18 bits per heavy atom. The second-order valence-corrected chi connectivity index (χ2v) is 5.19. The molecule has 0 saturated carbocycles. The number of aromatic nitrogens is 3. The molecule has 0 atom stereocenters. The van der Waals surface area contributed by atoms with Gasteiger partial charge in [0.15, 0.2) is 5.65 Å². The third-order valence-corrected chi connectivity index (χ3v) is 3.83. The van der Waals surface area contributed by atoms with Crippen molar-refractivity contribution in [2.75, 3.05) is 13.1 Å². The van der Waals surface area contributed by atoms with E-state index in [-0.39, 0.29) is 5.56 Å². The number of rotatable bonds is 1. The molecule has 1 fully saturated rings. The molecule has 3 heterocycles. The Labute approximate surface area is 106 Å². The van der Waals surface area contributed by atoms with Crippen molar-refractivity contribution in [3.05, 3.63) is 32.8 Å². The maximum Gasteiger partial charge on any atom is 0.251 e. The van der Waals surface area contributed by atoms with E-state index in [1.165, 1.54) is 0 Å². The fourth-order valence-corrected chi connectivity index (χ4v) is 2.75. The van der Waals surface area contributed by atoms with Crippen LogP contribution in [0.4, 0.5) is 0 Å². The van der Waals surface area contributed by atoms with Crippen molar-refractivity contribution >= 4 is 21.6 Å². The average molecular weight is 297 g/mol. The number of nitrogens with zero attached hydrogens (tertiary/aromatic N) is 2. The van der Waals surface area contributed by atoms with E-state index in [2.05, 4.69) is 31.3 Å². The van der Waals surface area contributed by atoms with Gasteiger partial charge in [-0.1, -0.05) is 0 Å². The van der Waals surface area contributed by atoms with Crippen LogP contribution in [0.1, 0.15) is 24.5 Å². The summed E-state index contributed by atoms with van der Waals surface area (Å²) in [4.78, 5) is 14.5. The van der Waals surface area contributed by atoms with Crippen LogP contribution in [0.25, 0.3) is 5.65 Å². The number of nitrogens with one attached hydrogen (secondary N) is 2. The number of hydrogen-bond acceptors (Lipinski definition) is 3. The molecular weight excluding hydrogens is 284 g/mol. The first kappa shape index (κ1) is 11.0. The highest BCUT2D eigenvalue weighted by molar-refractivity contribution is 9.10. The predicted molar refractivity (Wildman–Crippen MR) is 68.4 cm³/mol. The van der Waals surface area contributed by atoms with Gasteiger partial charge in [-0.3, -0.25) is 4.79 Å². The molecule has 2 aromatic rings. The molecule has 0 aromatic carbocycles. The minimum atomic E-state index is -0.0627. The summed E-state index contributed by atoms with van der Waals surface area (Å²) in [5.74, 6) is 0.410. The van der Waals surface area contributed by atoms with Gasteiger partial charge in [-0.25, -0.2) is 4.52 Å². The summed E-state index contributed by atoms with van der Waals surface area (Å²) in [5, 5.41) is 7.64. The molecule has 2 N–H and O–H groups in total. The highest BCUT2D eigenvalue weighted by Crippen LogP contribution is 2.25. The van der Waals surface area contributed by atoms with Crippen LogP contribution in [0.2, 0.25) is 0 Å². The van der Waals surface area contributed by atoms with E-state index in [9.17, 15) is 4.79 Å². The standard InChI is InChI=1S/C11H13BrN4O/c12-8-6-14-16-9(5-10(17)15-11(8)16)7-1-3-13-4-2-7/h5-7,13H,1-4H2,(H,15,17). The van der Waals surface area contributed by atoms with Crippen LogP contribution in [0.5, 0.6) is 0 Å². The molecule has 3 rings (SSSR count). The fraction of sp³-hybridized carbons (Fsp3) is 0.455. The molecule has 0 radical (unpaired) electrons. The third kappa shape index (κ3) is 1.91. The van der Waals surface area contributed by atoms with Crippen molar-refractivity contribution in [2.45, 2.75) is 18.8 Å². The van der Waals surface area contributed by atoms with Crippen LogP contribution < -0.4 is 10.9 Å². The van der Waals surface area contributed by atoms with Crippen LogP contribution in [0.3, 0.4) is 0 Å². The number of H-pyrrole nitrogens is 1. The van der Waals surface area contributed by atoms with Gasteiger partial charge in [0.05, 0.1) is 16.4 Å². The molecule has 1 saturated heterocycles. The van der Waals surface area contributed by atoms with Crippen LogP contribution in [-0.2, 0) is 0 Å². The first-order valence-electron chi connectivity index (χ1n) is 5.73. The van der Waals surface area contributed by atoms with Crippen LogP contribution in [0.15, 0.2) is 21.5 Å². The summed E-state index contributed by atoms with van der Waals surface area (Å²) in [5.41, 5.74) is 1.69. The lowest BCUT2D eigenvalue weighted by Crippen LogP contribution is -2.28. The molecule has 5 nitrogen and oxygen atoms in total. The lowest BCUT2D eigenvalue weighted by molar-refractivity contribution is 0.446. The summed E-state index contributed by atoms with van der Waals surface area (Å²) >= 11 is 3.39. The molecule has 2 aromatic heterocycles. The van der Waals surface area contributed by atoms with E-state index in [4.69, 9.17) is 0 Å². The summed E-state index contributed by atoms with van der Waals surface area (Å²) < 4.78 is 2.66. The zero-order valence-corrected chi connectivity index (χ0v) is 10.8. The van der Waals surface area contributed by atoms with Crippen molar-refractivity contribution in [3.8, 4) is 0 Å². The second kappa shape index (κ2) is 4.27. The molecule has 0 amide bonds. The van der Waals surface area contributed by atoms with Gasteiger partial charge in [-0.2, -0.15) is 5.10 Å². The lowest BCUT2D eigenvalue weighted by Gasteiger charge is -2.23. The van der Waals surface area contributed by atoms with Crippen LogP contribution in [-0.4, -0.2) is 27.7 Å². The highest BCUT2D eigenvalue weighted by atomic mass is 79.9. The van der Waals surface area contributed by atoms with E-state index >= 15 is 0 Å². The van der Waals surface area contributed by atoms with Crippen molar-refractivity contribution in [3.63, 3.8) is 0 Å². The van der Waals surface area contributed by atoms with Gasteiger partial charge < -0.3 is 10.3 Å². The zero-order chi connectivity index (χ0) is 11.8. The SMILES string of the molecule is O=c1cc(C2CCNCC2)n2ncc(Br)c2[nH]1. The molecule has 6 heteroatoms. The molecule has 90 valence electrons. The van der Waals surface area contributed by atoms with Crippen molar-refractivity contribution in [1.82, 2.24) is 19.9 Å². The van der Waals surface area contributed by atoms with Gasteiger partial charge in [0.1, 0.15) is 0 Å². The molecular formula is C11H13BrN4O. The number of piperidine rings is 1. The minimum absolute atomic E-state index is 0.0627. The van der Waals surface area contributed by atoms with Crippen LogP contribution in [0, 0.1) is 0 Å². The molecule has 0 bridgehead atoms. The molecule has 0 unspecified atom stereocenters. The Morgan fingerprint density at radius 1 is 1.41 bits per heavy atom. The van der Waals surface area contributed by atoms with E-state index in [0.29, 0.717) is 5.92 Å². The number of fused-ring (bicyclic) bond motifs is 1. The van der Waals surface area contributed by atoms with Crippen molar-refractivity contribution in [1.29, 1.82) is 0 Å². The Hall–Kier alpha value is -1.14. The van der Waals surface area contributed by atoms with Gasteiger partial charge in [-0.15, -0.1) is 0 Å². The number of hydrogen-bond donors (Lipinski definition) is 2. The predicted octanol–water partition coefficient (Wildman–Crippen LogP) is 1.25. The van der Waals surface area contributed by atoms with Gasteiger partial charge in [-0.05, 0) is 41.9 Å². The quantitative estimate of drug-likeness (QED) is 0.833. The second-order valence-electron chi connectivity index (χ2n) is 4.34. The Bertz CT molecular complexity index is 597. The smallest absolute Gasteiger partial charge is 0.251 e. The minimum Gasteiger partial charge on any atom is -0.317 e. The van der Waals surface area contributed by atoms with Gasteiger partial charge in [0, 0.05) is 12.0 Å². The van der Waals surface area contributed by atoms with E-state index in [0.717, 1.165) is 41.7 Å². The molecule has 0 aliphatic carbocycles.